The van der Waals surface area contributed by atoms with Crippen molar-refractivity contribution in [2.75, 3.05) is 0 Å². The second-order valence-electron chi connectivity index (χ2n) is 3.38. The first-order chi connectivity index (χ1) is 8.10. The smallest absolute Gasteiger partial charge is 0.259 e. The Morgan fingerprint density at radius 2 is 2.29 bits per heavy atom. The second-order valence-corrected chi connectivity index (χ2v) is 3.38. The first-order valence-corrected chi connectivity index (χ1v) is 4.93. The van der Waals surface area contributed by atoms with E-state index in [-0.39, 0.29) is 11.3 Å². The number of carbonyl (C=O) groups is 1. The Hall–Kier alpha value is -2.54. The normalized spacial score (nSPS) is 10.6. The minimum absolute atomic E-state index is 0.0291. The Morgan fingerprint density at radius 1 is 1.59 bits per heavy atom. The van der Waals surface area contributed by atoms with Crippen LogP contribution in [-0.4, -0.2) is 11.0 Å². The van der Waals surface area contributed by atoms with Crippen LogP contribution >= 0.6 is 0 Å². The number of carbonyl (C=O) groups excluding carboxylic acids is 1. The maximum atomic E-state index is 10.9. The van der Waals surface area contributed by atoms with E-state index in [1.54, 1.807) is 30.3 Å². The van der Waals surface area contributed by atoms with Gasteiger partial charge in [-0.2, -0.15) is 5.26 Å². The number of nitrogens with zero attached hydrogens (tertiary/aromatic N) is 1. The van der Waals surface area contributed by atoms with Gasteiger partial charge in [-0.1, -0.05) is 24.3 Å². The van der Waals surface area contributed by atoms with E-state index in [1.165, 1.54) is 6.08 Å². The molecule has 3 N–H and O–H groups in total. The average Bonchev–Trinajstić information content (AvgIpc) is 2.30. The highest BCUT2D eigenvalue weighted by molar-refractivity contribution is 6.00. The van der Waals surface area contributed by atoms with E-state index in [0.29, 0.717) is 17.5 Å². The number of hydrogen-bond acceptors (Lipinski definition) is 3. The fraction of sp³-hybridized carbons (Fsp3) is 0.0769. The van der Waals surface area contributed by atoms with Crippen LogP contribution in [0.4, 0.5) is 0 Å². The molecule has 0 aliphatic heterocycles. The lowest BCUT2D eigenvalue weighted by Gasteiger charge is -2.05. The van der Waals surface area contributed by atoms with Crippen molar-refractivity contribution in [1.29, 1.82) is 5.26 Å². The molecule has 0 heterocycles. The zero-order chi connectivity index (χ0) is 12.8. The summed E-state index contributed by atoms with van der Waals surface area (Å²) in [4.78, 5) is 10.9. The number of phenolic OH excluding ortho intramolecular Hbond substituents is 1. The molecule has 0 saturated heterocycles. The molecule has 0 unspecified atom stereocenters. The van der Waals surface area contributed by atoms with Gasteiger partial charge in [-0.3, -0.25) is 4.79 Å². The molecule has 0 atom stereocenters. The zero-order valence-corrected chi connectivity index (χ0v) is 9.18. The van der Waals surface area contributed by atoms with Gasteiger partial charge in [0.05, 0.1) is 0 Å². The molecule has 1 amide bonds. The number of allylic oxidation sites excluding steroid dienone is 1. The van der Waals surface area contributed by atoms with Gasteiger partial charge in [0.25, 0.3) is 5.91 Å². The van der Waals surface area contributed by atoms with Crippen LogP contribution in [0.2, 0.25) is 0 Å². The summed E-state index contributed by atoms with van der Waals surface area (Å²) in [6.07, 6.45) is 3.43. The Morgan fingerprint density at radius 3 is 2.82 bits per heavy atom. The Balaban J connectivity index is 3.24. The summed E-state index contributed by atoms with van der Waals surface area (Å²) in [7, 11) is 0. The summed E-state index contributed by atoms with van der Waals surface area (Å²) >= 11 is 0. The lowest BCUT2D eigenvalue weighted by Crippen LogP contribution is -2.12. The van der Waals surface area contributed by atoms with Crippen molar-refractivity contribution >= 4 is 12.0 Å². The topological polar surface area (TPSA) is 87.1 Å². The molecule has 0 aliphatic rings. The van der Waals surface area contributed by atoms with Gasteiger partial charge >= 0.3 is 0 Å². The van der Waals surface area contributed by atoms with Gasteiger partial charge in [0.15, 0.2) is 0 Å². The van der Waals surface area contributed by atoms with E-state index in [2.05, 4.69) is 6.58 Å². The number of nitriles is 1. The summed E-state index contributed by atoms with van der Waals surface area (Å²) in [6.45, 7) is 3.58. The molecule has 4 heteroatoms. The molecule has 1 rings (SSSR count). The number of para-hydroxylation sites is 1. The van der Waals surface area contributed by atoms with E-state index in [4.69, 9.17) is 11.0 Å². The molecular weight excluding hydrogens is 216 g/mol. The van der Waals surface area contributed by atoms with Crippen molar-refractivity contribution in [3.8, 4) is 11.8 Å². The van der Waals surface area contributed by atoms with Crippen LogP contribution in [0.25, 0.3) is 6.08 Å². The third-order valence-corrected chi connectivity index (χ3v) is 2.20. The van der Waals surface area contributed by atoms with E-state index >= 15 is 0 Å². The van der Waals surface area contributed by atoms with Crippen molar-refractivity contribution < 1.29 is 9.90 Å². The maximum Gasteiger partial charge on any atom is 0.259 e. The number of benzene rings is 1. The second kappa shape index (κ2) is 5.52. The number of rotatable bonds is 4. The van der Waals surface area contributed by atoms with Crippen LogP contribution in [0.5, 0.6) is 5.75 Å². The van der Waals surface area contributed by atoms with Crippen LogP contribution in [-0.2, 0) is 11.2 Å². The molecular formula is C13H12N2O2. The van der Waals surface area contributed by atoms with Crippen molar-refractivity contribution in [1.82, 2.24) is 0 Å². The number of primary amides is 1. The van der Waals surface area contributed by atoms with Crippen molar-refractivity contribution in [3.63, 3.8) is 0 Å². The van der Waals surface area contributed by atoms with Gasteiger partial charge < -0.3 is 10.8 Å². The highest BCUT2D eigenvalue weighted by Crippen LogP contribution is 2.25. The third kappa shape index (κ3) is 2.95. The molecule has 0 fully saturated rings. The number of amides is 1. The molecule has 0 bridgehead atoms. The average molecular weight is 228 g/mol. The van der Waals surface area contributed by atoms with Crippen LogP contribution in [0.15, 0.2) is 36.4 Å². The van der Waals surface area contributed by atoms with E-state index in [0.717, 1.165) is 0 Å². The van der Waals surface area contributed by atoms with Gasteiger partial charge in [-0.05, 0) is 18.1 Å². The van der Waals surface area contributed by atoms with Crippen molar-refractivity contribution in [2.45, 2.75) is 6.42 Å². The maximum absolute atomic E-state index is 10.9. The molecule has 86 valence electrons. The molecule has 1 aromatic carbocycles. The summed E-state index contributed by atoms with van der Waals surface area (Å²) in [5.41, 5.74) is 5.88. The Kier molecular flexibility index (Phi) is 4.07. The molecule has 0 saturated carbocycles. The first-order valence-electron chi connectivity index (χ1n) is 4.93. The van der Waals surface area contributed by atoms with Gasteiger partial charge in [0, 0.05) is 5.56 Å². The number of aromatic hydroxyl groups is 1. The predicted octanol–water partition coefficient (Wildman–Crippen LogP) is 1.51. The van der Waals surface area contributed by atoms with Crippen LogP contribution in [0, 0.1) is 11.3 Å². The fourth-order valence-corrected chi connectivity index (χ4v) is 1.36. The van der Waals surface area contributed by atoms with E-state index < -0.39 is 5.91 Å². The lowest BCUT2D eigenvalue weighted by atomic mass is 10.0. The largest absolute Gasteiger partial charge is 0.507 e. The van der Waals surface area contributed by atoms with E-state index in [1.807, 2.05) is 0 Å². The van der Waals surface area contributed by atoms with Crippen LogP contribution in [0.3, 0.4) is 0 Å². The quantitative estimate of drug-likeness (QED) is 0.465. The van der Waals surface area contributed by atoms with Crippen LogP contribution in [0.1, 0.15) is 11.1 Å². The standard InChI is InChI=1S/C13H12N2O2/c1-2-4-9-5-3-6-10(12(9)16)7-11(8-14)13(15)17/h2-3,5-7,16H,1,4H2,(H2,15,17)/b11-7-. The van der Waals surface area contributed by atoms with Crippen molar-refractivity contribution in [3.05, 3.63) is 47.6 Å². The monoisotopic (exact) mass is 228 g/mol. The van der Waals surface area contributed by atoms with Crippen LogP contribution < -0.4 is 5.73 Å². The first kappa shape index (κ1) is 12.5. The highest BCUT2D eigenvalue weighted by Gasteiger charge is 2.08. The summed E-state index contributed by atoms with van der Waals surface area (Å²) in [5.74, 6) is -0.789. The third-order valence-electron chi connectivity index (χ3n) is 2.20. The Bertz CT molecular complexity index is 525. The zero-order valence-electron chi connectivity index (χ0n) is 9.18. The van der Waals surface area contributed by atoms with Gasteiger partial charge in [-0.25, -0.2) is 0 Å². The molecule has 1 aromatic rings. The molecule has 4 nitrogen and oxygen atoms in total. The summed E-state index contributed by atoms with van der Waals surface area (Å²) in [5, 5.41) is 18.6. The summed E-state index contributed by atoms with van der Waals surface area (Å²) in [6, 6.07) is 6.75. The van der Waals surface area contributed by atoms with Gasteiger partial charge in [-0.15, -0.1) is 6.58 Å². The van der Waals surface area contributed by atoms with Crippen molar-refractivity contribution in [2.24, 2.45) is 5.73 Å². The Labute approximate surface area is 99.3 Å². The van der Waals surface area contributed by atoms with Gasteiger partial charge in [0.2, 0.25) is 0 Å². The highest BCUT2D eigenvalue weighted by atomic mass is 16.3. The number of hydrogen-bond donors (Lipinski definition) is 2. The minimum atomic E-state index is -0.818. The lowest BCUT2D eigenvalue weighted by molar-refractivity contribution is -0.114. The fourth-order valence-electron chi connectivity index (χ4n) is 1.36. The van der Waals surface area contributed by atoms with E-state index in [9.17, 15) is 9.90 Å². The predicted molar refractivity (Wildman–Crippen MR) is 64.8 cm³/mol. The minimum Gasteiger partial charge on any atom is -0.507 e. The molecule has 0 aliphatic carbocycles. The number of phenols is 1. The molecule has 17 heavy (non-hydrogen) atoms. The molecule has 0 radical (unpaired) electrons. The SMILES string of the molecule is C=CCc1cccc(/C=C(/C#N)C(N)=O)c1O. The number of nitrogens with two attached hydrogens (primary N) is 1. The molecule has 0 aromatic heterocycles. The molecule has 0 spiro atoms. The van der Waals surface area contributed by atoms with Gasteiger partial charge in [0.1, 0.15) is 17.4 Å². The summed E-state index contributed by atoms with van der Waals surface area (Å²) < 4.78 is 0.